The molecule has 6 heteroatoms. The van der Waals surface area contributed by atoms with Crippen molar-refractivity contribution in [3.63, 3.8) is 0 Å². The molecule has 0 radical (unpaired) electrons. The van der Waals surface area contributed by atoms with E-state index < -0.39 is 0 Å². The Morgan fingerprint density at radius 1 is 1.16 bits per heavy atom. The Morgan fingerprint density at radius 3 is 2.68 bits per heavy atom. The van der Waals surface area contributed by atoms with Gasteiger partial charge in [0.1, 0.15) is 0 Å². The van der Waals surface area contributed by atoms with E-state index in [-0.39, 0.29) is 5.56 Å². The zero-order valence-corrected chi connectivity index (χ0v) is 14.0. The first-order valence-electron chi connectivity index (χ1n) is 8.29. The Bertz CT molecular complexity index is 939. The van der Waals surface area contributed by atoms with Gasteiger partial charge in [-0.15, -0.1) is 0 Å². The van der Waals surface area contributed by atoms with Gasteiger partial charge >= 0.3 is 0 Å². The molecular weight excluding hydrogens is 318 g/mol. The molecule has 1 N–H and O–H groups in total. The molecule has 4 rings (SSSR count). The van der Waals surface area contributed by atoms with Crippen LogP contribution in [-0.2, 0) is 4.74 Å². The molecule has 3 heterocycles. The van der Waals surface area contributed by atoms with E-state index in [1.165, 1.54) is 0 Å². The van der Waals surface area contributed by atoms with Crippen molar-refractivity contribution in [2.45, 2.75) is 6.92 Å². The van der Waals surface area contributed by atoms with Crippen LogP contribution in [0.4, 0.5) is 5.69 Å². The molecule has 1 fully saturated rings. The fourth-order valence-electron chi connectivity index (χ4n) is 3.06. The minimum atomic E-state index is -0.110. The Morgan fingerprint density at radius 2 is 1.96 bits per heavy atom. The maximum Gasteiger partial charge on any atom is 0.255 e. The molecule has 0 unspecified atom stereocenters. The number of pyridine rings is 1. The number of hydrogen-bond acceptors (Lipinski definition) is 5. The van der Waals surface area contributed by atoms with Crippen molar-refractivity contribution in [1.29, 1.82) is 0 Å². The monoisotopic (exact) mass is 337 g/mol. The van der Waals surface area contributed by atoms with Gasteiger partial charge in [0.05, 0.1) is 19.4 Å². The number of ether oxygens (including phenoxy) is 1. The third kappa shape index (κ3) is 3.21. The molecule has 128 valence electrons. The highest BCUT2D eigenvalue weighted by Gasteiger charge is 2.16. The van der Waals surface area contributed by atoms with E-state index in [2.05, 4.69) is 20.9 Å². The van der Waals surface area contributed by atoms with Crippen LogP contribution in [0.1, 0.15) is 5.89 Å². The van der Waals surface area contributed by atoms with Crippen LogP contribution in [0.5, 0.6) is 0 Å². The largest absolute Gasteiger partial charge is 0.441 e. The summed E-state index contributed by atoms with van der Waals surface area (Å²) in [4.78, 5) is 21.4. The number of rotatable bonds is 3. The molecule has 2 aromatic heterocycles. The van der Waals surface area contributed by atoms with E-state index in [4.69, 9.17) is 9.15 Å². The fourth-order valence-corrected chi connectivity index (χ4v) is 3.06. The molecule has 0 amide bonds. The minimum absolute atomic E-state index is 0.110. The average Bonchev–Trinajstić information content (AvgIpc) is 3.09. The Labute approximate surface area is 145 Å². The molecule has 1 aliphatic rings. The molecular formula is C19H19N3O3. The molecule has 3 aromatic rings. The summed E-state index contributed by atoms with van der Waals surface area (Å²) in [5.74, 6) is 1.31. The van der Waals surface area contributed by atoms with Crippen LogP contribution in [0.2, 0.25) is 0 Å². The van der Waals surface area contributed by atoms with Gasteiger partial charge in [-0.1, -0.05) is 0 Å². The molecule has 0 bridgehead atoms. The van der Waals surface area contributed by atoms with Crippen molar-refractivity contribution < 1.29 is 9.15 Å². The third-order valence-electron chi connectivity index (χ3n) is 4.33. The summed E-state index contributed by atoms with van der Waals surface area (Å²) >= 11 is 0. The Hall–Kier alpha value is -2.86. The lowest BCUT2D eigenvalue weighted by molar-refractivity contribution is 0.122. The lowest BCUT2D eigenvalue weighted by Crippen LogP contribution is -2.36. The van der Waals surface area contributed by atoms with Gasteiger partial charge in [-0.3, -0.25) is 4.79 Å². The highest BCUT2D eigenvalue weighted by atomic mass is 16.5. The van der Waals surface area contributed by atoms with E-state index >= 15 is 0 Å². The quantitative estimate of drug-likeness (QED) is 0.796. The molecule has 0 aliphatic carbocycles. The van der Waals surface area contributed by atoms with Crippen molar-refractivity contribution in [2.24, 2.45) is 0 Å². The summed E-state index contributed by atoms with van der Waals surface area (Å²) in [5, 5.41) is 0. The smallest absolute Gasteiger partial charge is 0.255 e. The summed E-state index contributed by atoms with van der Waals surface area (Å²) in [6, 6.07) is 9.74. The molecule has 6 nitrogen and oxygen atoms in total. The average molecular weight is 337 g/mol. The molecule has 0 atom stereocenters. The molecule has 25 heavy (non-hydrogen) atoms. The summed E-state index contributed by atoms with van der Waals surface area (Å²) in [6.07, 6.45) is 3.35. The second kappa shape index (κ2) is 6.57. The number of aryl methyl sites for hydroxylation is 1. The zero-order valence-electron chi connectivity index (χ0n) is 14.0. The number of benzene rings is 1. The topological polar surface area (TPSA) is 71.4 Å². The van der Waals surface area contributed by atoms with Gasteiger partial charge in [0.2, 0.25) is 0 Å². The van der Waals surface area contributed by atoms with Gasteiger partial charge in [0, 0.05) is 43.0 Å². The fraction of sp³-hybridized carbons (Fsp3) is 0.263. The highest BCUT2D eigenvalue weighted by molar-refractivity contribution is 5.76. The summed E-state index contributed by atoms with van der Waals surface area (Å²) in [7, 11) is 0. The van der Waals surface area contributed by atoms with Gasteiger partial charge in [-0.2, -0.15) is 0 Å². The first-order valence-corrected chi connectivity index (χ1v) is 8.29. The van der Waals surface area contributed by atoms with Crippen molar-refractivity contribution in [1.82, 2.24) is 9.97 Å². The van der Waals surface area contributed by atoms with Gasteiger partial charge < -0.3 is 19.0 Å². The lowest BCUT2D eigenvalue weighted by atomic mass is 10.0. The van der Waals surface area contributed by atoms with E-state index in [1.807, 2.05) is 31.2 Å². The first kappa shape index (κ1) is 15.7. The van der Waals surface area contributed by atoms with Crippen LogP contribution >= 0.6 is 0 Å². The number of aromatic nitrogens is 2. The molecule has 0 spiro atoms. The highest BCUT2D eigenvalue weighted by Crippen LogP contribution is 2.31. The number of nitrogens with one attached hydrogen (secondary N) is 1. The van der Waals surface area contributed by atoms with E-state index in [9.17, 15) is 4.79 Å². The summed E-state index contributed by atoms with van der Waals surface area (Å²) < 4.78 is 11.1. The number of aromatic amines is 1. The number of morpholine rings is 1. The molecule has 1 aromatic carbocycles. The molecule has 1 saturated heterocycles. The second-order valence-corrected chi connectivity index (χ2v) is 6.02. The number of hydrogen-bond donors (Lipinski definition) is 1. The molecule has 0 saturated carbocycles. The van der Waals surface area contributed by atoms with Crippen molar-refractivity contribution >= 4 is 5.69 Å². The van der Waals surface area contributed by atoms with Gasteiger partial charge in [-0.25, -0.2) is 4.98 Å². The molecule has 1 aliphatic heterocycles. The van der Waals surface area contributed by atoms with Crippen LogP contribution in [0.25, 0.3) is 22.5 Å². The standard InChI is InChI=1S/C19H19N3O3/c1-13-21-12-18(25-13)15-9-14(17-3-2-4-20-19(17)23)10-16(11-15)22-5-7-24-8-6-22/h2-4,9-12H,5-8H2,1H3,(H,20,23). The Kier molecular flexibility index (Phi) is 4.11. The van der Waals surface area contributed by atoms with Gasteiger partial charge in [0.25, 0.3) is 5.56 Å². The second-order valence-electron chi connectivity index (χ2n) is 6.02. The first-order chi connectivity index (χ1) is 12.2. The lowest BCUT2D eigenvalue weighted by Gasteiger charge is -2.29. The van der Waals surface area contributed by atoms with E-state index in [0.29, 0.717) is 30.4 Å². The normalized spacial score (nSPS) is 14.7. The van der Waals surface area contributed by atoms with Gasteiger partial charge in [-0.05, 0) is 35.9 Å². The van der Waals surface area contributed by atoms with Gasteiger partial charge in [0.15, 0.2) is 11.7 Å². The number of H-pyrrole nitrogens is 1. The van der Waals surface area contributed by atoms with E-state index in [1.54, 1.807) is 12.4 Å². The van der Waals surface area contributed by atoms with Crippen molar-refractivity contribution in [3.8, 4) is 22.5 Å². The van der Waals surface area contributed by atoms with Crippen LogP contribution in [0.3, 0.4) is 0 Å². The predicted molar refractivity (Wildman–Crippen MR) is 95.8 cm³/mol. The van der Waals surface area contributed by atoms with Crippen LogP contribution in [0, 0.1) is 6.92 Å². The van der Waals surface area contributed by atoms with E-state index in [0.717, 1.165) is 29.9 Å². The summed E-state index contributed by atoms with van der Waals surface area (Å²) in [6.45, 7) is 4.87. The zero-order chi connectivity index (χ0) is 17.2. The number of oxazole rings is 1. The Balaban J connectivity index is 1.85. The SMILES string of the molecule is Cc1ncc(-c2cc(-c3ccc[nH]c3=O)cc(N3CCOCC3)c2)o1. The number of anilines is 1. The van der Waals surface area contributed by atoms with Crippen LogP contribution in [0.15, 0.2) is 51.9 Å². The number of nitrogens with zero attached hydrogens (tertiary/aromatic N) is 2. The maximum absolute atomic E-state index is 12.2. The van der Waals surface area contributed by atoms with Crippen LogP contribution in [-0.4, -0.2) is 36.3 Å². The van der Waals surface area contributed by atoms with Crippen molar-refractivity contribution in [3.05, 3.63) is 59.0 Å². The summed E-state index contributed by atoms with van der Waals surface area (Å²) in [5.41, 5.74) is 3.34. The minimum Gasteiger partial charge on any atom is -0.441 e. The van der Waals surface area contributed by atoms with Crippen molar-refractivity contribution in [2.75, 3.05) is 31.2 Å². The maximum atomic E-state index is 12.2. The van der Waals surface area contributed by atoms with Crippen LogP contribution < -0.4 is 10.5 Å². The predicted octanol–water partition coefficient (Wildman–Crippen LogP) is 2.84. The third-order valence-corrected chi connectivity index (χ3v) is 4.33.